The molecule has 0 spiro atoms. The summed E-state index contributed by atoms with van der Waals surface area (Å²) in [4.78, 5) is 11.7. The second-order valence-corrected chi connectivity index (χ2v) is 5.27. The van der Waals surface area contributed by atoms with Crippen LogP contribution in [0.3, 0.4) is 0 Å². The first kappa shape index (κ1) is 17.1. The predicted octanol–water partition coefficient (Wildman–Crippen LogP) is 3.53. The number of nitrogens with one attached hydrogen (secondary N) is 1. The number of methoxy groups -OCH3 is 1. The number of benzene rings is 2. The molecule has 0 aliphatic carbocycles. The summed E-state index contributed by atoms with van der Waals surface area (Å²) in [5.74, 6) is 0.789. The van der Waals surface area contributed by atoms with E-state index in [0.29, 0.717) is 27.1 Å². The van der Waals surface area contributed by atoms with Crippen LogP contribution >= 0.6 is 23.2 Å². The first-order valence-corrected chi connectivity index (χ1v) is 7.38. The SMILES string of the molecule is COc1cccc(OCC(=O)N/N=C/c2ccc(Cl)cc2Cl)c1. The van der Waals surface area contributed by atoms with Gasteiger partial charge in [-0.2, -0.15) is 5.10 Å². The van der Waals surface area contributed by atoms with E-state index in [-0.39, 0.29) is 6.61 Å². The molecule has 0 saturated carbocycles. The summed E-state index contributed by atoms with van der Waals surface area (Å²) in [6.45, 7) is -0.168. The summed E-state index contributed by atoms with van der Waals surface area (Å²) in [6.07, 6.45) is 1.43. The molecule has 0 saturated heterocycles. The highest BCUT2D eigenvalue weighted by molar-refractivity contribution is 6.36. The van der Waals surface area contributed by atoms with Gasteiger partial charge in [0.1, 0.15) is 11.5 Å². The Kier molecular flexibility index (Phi) is 6.26. The molecule has 1 N–H and O–H groups in total. The lowest BCUT2D eigenvalue weighted by Crippen LogP contribution is -2.24. The number of nitrogens with zero attached hydrogens (tertiary/aromatic N) is 1. The van der Waals surface area contributed by atoms with Crippen LogP contribution in [0, 0.1) is 0 Å². The first-order chi connectivity index (χ1) is 11.1. The lowest BCUT2D eigenvalue weighted by Gasteiger charge is -2.06. The molecule has 0 fully saturated rings. The second kappa shape index (κ2) is 8.41. The fraction of sp³-hybridized carbons (Fsp3) is 0.125. The van der Waals surface area contributed by atoms with E-state index < -0.39 is 5.91 Å². The van der Waals surface area contributed by atoms with Crippen molar-refractivity contribution in [2.24, 2.45) is 5.10 Å². The van der Waals surface area contributed by atoms with Crippen LogP contribution in [0.5, 0.6) is 11.5 Å². The second-order valence-electron chi connectivity index (χ2n) is 4.43. The number of ether oxygens (including phenoxy) is 2. The first-order valence-electron chi connectivity index (χ1n) is 6.62. The molecule has 0 unspecified atom stereocenters. The number of amides is 1. The van der Waals surface area contributed by atoms with Crippen molar-refractivity contribution in [2.75, 3.05) is 13.7 Å². The average molecular weight is 353 g/mol. The molecular formula is C16H14Cl2N2O3. The van der Waals surface area contributed by atoms with Gasteiger partial charge in [0.2, 0.25) is 0 Å². The number of carbonyl (C=O) groups excluding carboxylic acids is 1. The van der Waals surface area contributed by atoms with Crippen LogP contribution in [0.4, 0.5) is 0 Å². The minimum Gasteiger partial charge on any atom is -0.497 e. The monoisotopic (exact) mass is 352 g/mol. The van der Waals surface area contributed by atoms with Gasteiger partial charge in [0, 0.05) is 16.7 Å². The fourth-order valence-corrected chi connectivity index (χ4v) is 2.11. The molecule has 0 heterocycles. The summed E-state index contributed by atoms with van der Waals surface area (Å²) in [5, 5.41) is 4.80. The lowest BCUT2D eigenvalue weighted by molar-refractivity contribution is -0.123. The average Bonchev–Trinajstić information content (AvgIpc) is 2.55. The van der Waals surface area contributed by atoms with Gasteiger partial charge in [-0.3, -0.25) is 4.79 Å². The minimum atomic E-state index is -0.394. The Morgan fingerprint density at radius 3 is 2.74 bits per heavy atom. The van der Waals surface area contributed by atoms with Crippen LogP contribution in [0.1, 0.15) is 5.56 Å². The number of hydrogen-bond donors (Lipinski definition) is 1. The zero-order valence-electron chi connectivity index (χ0n) is 12.3. The molecular weight excluding hydrogens is 339 g/mol. The van der Waals surface area contributed by atoms with E-state index in [1.165, 1.54) is 6.21 Å². The van der Waals surface area contributed by atoms with Crippen molar-refractivity contribution in [1.82, 2.24) is 5.43 Å². The molecule has 0 radical (unpaired) electrons. The smallest absolute Gasteiger partial charge is 0.277 e. The molecule has 0 aliphatic heterocycles. The number of hydrogen-bond acceptors (Lipinski definition) is 4. The van der Waals surface area contributed by atoms with Crippen molar-refractivity contribution in [3.8, 4) is 11.5 Å². The van der Waals surface area contributed by atoms with Crippen LogP contribution in [0.25, 0.3) is 0 Å². The Labute approximate surface area is 143 Å². The predicted molar refractivity (Wildman–Crippen MR) is 90.7 cm³/mol. The highest BCUT2D eigenvalue weighted by atomic mass is 35.5. The lowest BCUT2D eigenvalue weighted by atomic mass is 10.2. The fourth-order valence-electron chi connectivity index (χ4n) is 1.65. The van der Waals surface area contributed by atoms with Crippen LogP contribution in [-0.4, -0.2) is 25.8 Å². The molecule has 0 bridgehead atoms. The minimum absolute atomic E-state index is 0.168. The highest BCUT2D eigenvalue weighted by Crippen LogP contribution is 2.19. The molecule has 2 rings (SSSR count). The third-order valence-electron chi connectivity index (χ3n) is 2.77. The van der Waals surface area contributed by atoms with Crippen molar-refractivity contribution in [3.05, 3.63) is 58.1 Å². The van der Waals surface area contributed by atoms with Crippen LogP contribution < -0.4 is 14.9 Å². The number of rotatable bonds is 6. The van der Waals surface area contributed by atoms with Crippen molar-refractivity contribution >= 4 is 35.3 Å². The topological polar surface area (TPSA) is 59.9 Å². The Hall–Kier alpha value is -2.24. The molecule has 23 heavy (non-hydrogen) atoms. The van der Waals surface area contributed by atoms with E-state index in [1.54, 1.807) is 49.6 Å². The van der Waals surface area contributed by atoms with Gasteiger partial charge in [0.25, 0.3) is 5.91 Å². The van der Waals surface area contributed by atoms with Gasteiger partial charge in [-0.1, -0.05) is 35.3 Å². The third-order valence-corrected chi connectivity index (χ3v) is 3.33. The van der Waals surface area contributed by atoms with Gasteiger partial charge in [-0.25, -0.2) is 5.43 Å². The summed E-state index contributed by atoms with van der Waals surface area (Å²) in [7, 11) is 1.56. The Morgan fingerprint density at radius 1 is 1.22 bits per heavy atom. The Bertz CT molecular complexity index is 720. The number of hydrazone groups is 1. The normalized spacial score (nSPS) is 10.6. The zero-order chi connectivity index (χ0) is 16.7. The van der Waals surface area contributed by atoms with E-state index in [1.807, 2.05) is 0 Å². The maximum Gasteiger partial charge on any atom is 0.277 e. The number of carbonyl (C=O) groups is 1. The standard InChI is InChI=1S/C16H14Cl2N2O3/c1-22-13-3-2-4-14(8-13)23-10-16(21)20-19-9-11-5-6-12(17)7-15(11)18/h2-9H,10H2,1H3,(H,20,21)/b19-9+. The molecule has 120 valence electrons. The quantitative estimate of drug-likeness (QED) is 0.638. The molecule has 2 aromatic carbocycles. The van der Waals surface area contributed by atoms with E-state index >= 15 is 0 Å². The van der Waals surface area contributed by atoms with Gasteiger partial charge in [-0.05, 0) is 24.3 Å². The van der Waals surface area contributed by atoms with Crippen LogP contribution in [0.15, 0.2) is 47.6 Å². The van der Waals surface area contributed by atoms with Gasteiger partial charge in [0.05, 0.1) is 18.3 Å². The van der Waals surface area contributed by atoms with Gasteiger partial charge in [0.15, 0.2) is 6.61 Å². The summed E-state index contributed by atoms with van der Waals surface area (Å²) >= 11 is 11.8. The highest BCUT2D eigenvalue weighted by Gasteiger charge is 2.03. The molecule has 0 aliphatic rings. The van der Waals surface area contributed by atoms with Gasteiger partial charge in [-0.15, -0.1) is 0 Å². The molecule has 2 aromatic rings. The molecule has 5 nitrogen and oxygen atoms in total. The Balaban J connectivity index is 1.83. The van der Waals surface area contributed by atoms with Crippen LogP contribution in [0.2, 0.25) is 10.0 Å². The van der Waals surface area contributed by atoms with E-state index in [0.717, 1.165) is 0 Å². The van der Waals surface area contributed by atoms with Crippen LogP contribution in [-0.2, 0) is 4.79 Å². The largest absolute Gasteiger partial charge is 0.497 e. The number of halogens is 2. The van der Waals surface area contributed by atoms with Crippen molar-refractivity contribution in [1.29, 1.82) is 0 Å². The Morgan fingerprint density at radius 2 is 2.00 bits per heavy atom. The van der Waals surface area contributed by atoms with Crippen molar-refractivity contribution in [2.45, 2.75) is 0 Å². The van der Waals surface area contributed by atoms with Crippen molar-refractivity contribution < 1.29 is 14.3 Å². The van der Waals surface area contributed by atoms with E-state index in [9.17, 15) is 4.79 Å². The summed E-state index contributed by atoms with van der Waals surface area (Å²) < 4.78 is 10.4. The summed E-state index contributed by atoms with van der Waals surface area (Å²) in [6, 6.07) is 11.9. The zero-order valence-corrected chi connectivity index (χ0v) is 13.8. The molecule has 1 amide bonds. The maximum atomic E-state index is 11.7. The van der Waals surface area contributed by atoms with Gasteiger partial charge >= 0.3 is 0 Å². The molecule has 7 heteroatoms. The third kappa shape index (κ3) is 5.47. The summed E-state index contributed by atoms with van der Waals surface area (Å²) in [5.41, 5.74) is 3.00. The van der Waals surface area contributed by atoms with Gasteiger partial charge < -0.3 is 9.47 Å². The van der Waals surface area contributed by atoms with E-state index in [2.05, 4.69) is 10.5 Å². The van der Waals surface area contributed by atoms with E-state index in [4.69, 9.17) is 32.7 Å². The molecule has 0 atom stereocenters. The van der Waals surface area contributed by atoms with Crippen molar-refractivity contribution in [3.63, 3.8) is 0 Å². The maximum absolute atomic E-state index is 11.7. The molecule has 0 aromatic heterocycles.